The summed E-state index contributed by atoms with van der Waals surface area (Å²) in [7, 11) is 3.41. The molecule has 174 valence electrons. The first-order chi connectivity index (χ1) is 16.4. The highest BCUT2D eigenvalue weighted by molar-refractivity contribution is 7.12. The first-order valence-corrected chi connectivity index (χ1v) is 11.8. The molecular weight excluding hydrogens is 448 g/mol. The lowest BCUT2D eigenvalue weighted by atomic mass is 10.0. The first-order valence-electron chi connectivity index (χ1n) is 10.9. The van der Waals surface area contributed by atoms with Crippen LogP contribution >= 0.6 is 11.3 Å². The number of thiophene rings is 1. The number of nitrogens with zero attached hydrogens (tertiary/aromatic N) is 1. The van der Waals surface area contributed by atoms with Crippen LogP contribution in [0, 0.1) is 0 Å². The minimum Gasteiger partial charge on any atom is -0.361 e. The lowest BCUT2D eigenvalue weighted by Crippen LogP contribution is -2.47. The maximum Gasteiger partial charge on any atom is 0.262 e. The number of hydrogen-bond acceptors (Lipinski definition) is 4. The SMILES string of the molecule is CN(C)C(=O)c1ccc(CNC(=O)C(Cc2c[nH]c3ccccc23)NC(=O)c2cccs2)cc1. The second-order valence-corrected chi connectivity index (χ2v) is 9.13. The third-order valence-electron chi connectivity index (χ3n) is 5.54. The first kappa shape index (κ1) is 23.3. The summed E-state index contributed by atoms with van der Waals surface area (Å²) < 4.78 is 0. The summed E-state index contributed by atoms with van der Waals surface area (Å²) in [5, 5.41) is 8.66. The standard InChI is InChI=1S/C26H26N4O3S/c1-30(2)26(33)18-11-9-17(10-12-18)15-28-24(31)22(29-25(32)23-8-5-13-34-23)14-19-16-27-21-7-4-3-6-20(19)21/h3-13,16,22,27H,14-15H2,1-2H3,(H,28,31)(H,29,32). The highest BCUT2D eigenvalue weighted by atomic mass is 32.1. The van der Waals surface area contributed by atoms with Gasteiger partial charge >= 0.3 is 0 Å². The Morgan fingerprint density at radius 1 is 1.00 bits per heavy atom. The van der Waals surface area contributed by atoms with Crippen LogP contribution < -0.4 is 10.6 Å². The van der Waals surface area contributed by atoms with Crippen molar-refractivity contribution in [2.75, 3.05) is 14.1 Å². The number of para-hydroxylation sites is 1. The highest BCUT2D eigenvalue weighted by Crippen LogP contribution is 2.20. The van der Waals surface area contributed by atoms with Gasteiger partial charge in [0.1, 0.15) is 6.04 Å². The fraction of sp³-hybridized carbons (Fsp3) is 0.192. The van der Waals surface area contributed by atoms with E-state index in [1.165, 1.54) is 16.2 Å². The van der Waals surface area contributed by atoms with Crippen LogP contribution in [-0.4, -0.2) is 47.7 Å². The third kappa shape index (κ3) is 5.35. The summed E-state index contributed by atoms with van der Waals surface area (Å²) in [4.78, 5) is 43.2. The smallest absolute Gasteiger partial charge is 0.262 e. The molecule has 2 aromatic carbocycles. The molecule has 8 heteroatoms. The van der Waals surface area contributed by atoms with Gasteiger partial charge < -0.3 is 20.5 Å². The monoisotopic (exact) mass is 474 g/mol. The van der Waals surface area contributed by atoms with Crippen LogP contribution in [0.25, 0.3) is 10.9 Å². The van der Waals surface area contributed by atoms with Gasteiger partial charge in [-0.15, -0.1) is 11.3 Å². The zero-order valence-electron chi connectivity index (χ0n) is 19.0. The van der Waals surface area contributed by atoms with Crippen LogP contribution in [0.15, 0.2) is 72.2 Å². The molecule has 7 nitrogen and oxygen atoms in total. The molecule has 0 radical (unpaired) electrons. The summed E-state index contributed by atoms with van der Waals surface area (Å²) in [6, 6.07) is 17.8. The van der Waals surface area contributed by atoms with Crippen molar-refractivity contribution in [1.82, 2.24) is 20.5 Å². The lowest BCUT2D eigenvalue weighted by Gasteiger charge is -2.18. The van der Waals surface area contributed by atoms with Crippen molar-refractivity contribution < 1.29 is 14.4 Å². The molecule has 4 rings (SSSR count). The number of nitrogens with one attached hydrogen (secondary N) is 3. The van der Waals surface area contributed by atoms with E-state index in [1.54, 1.807) is 38.4 Å². The van der Waals surface area contributed by atoms with Gasteiger partial charge in [0, 0.05) is 49.7 Å². The van der Waals surface area contributed by atoms with E-state index in [1.807, 2.05) is 48.0 Å². The van der Waals surface area contributed by atoms with Crippen molar-refractivity contribution in [3.8, 4) is 0 Å². The molecular formula is C26H26N4O3S. The van der Waals surface area contributed by atoms with E-state index in [2.05, 4.69) is 15.6 Å². The topological polar surface area (TPSA) is 94.3 Å². The molecule has 2 heterocycles. The number of carbonyl (C=O) groups excluding carboxylic acids is 3. The van der Waals surface area contributed by atoms with E-state index in [-0.39, 0.29) is 24.3 Å². The van der Waals surface area contributed by atoms with Crippen LogP contribution in [0.1, 0.15) is 31.2 Å². The van der Waals surface area contributed by atoms with Gasteiger partial charge in [-0.3, -0.25) is 14.4 Å². The van der Waals surface area contributed by atoms with E-state index in [0.717, 1.165) is 22.0 Å². The van der Waals surface area contributed by atoms with Crippen LogP contribution in [0.4, 0.5) is 0 Å². The number of fused-ring (bicyclic) bond motifs is 1. The van der Waals surface area contributed by atoms with Gasteiger partial charge in [-0.1, -0.05) is 36.4 Å². The van der Waals surface area contributed by atoms with Crippen molar-refractivity contribution in [2.24, 2.45) is 0 Å². The Hall–Kier alpha value is -3.91. The molecule has 1 atom stereocenters. The molecule has 3 amide bonds. The normalized spacial score (nSPS) is 11.7. The number of amides is 3. The van der Waals surface area contributed by atoms with Gasteiger partial charge in [0.2, 0.25) is 5.91 Å². The second kappa shape index (κ2) is 10.4. The fourth-order valence-corrected chi connectivity index (χ4v) is 4.33. The number of benzene rings is 2. The van der Waals surface area contributed by atoms with Gasteiger partial charge in [0.15, 0.2) is 0 Å². The van der Waals surface area contributed by atoms with E-state index in [0.29, 0.717) is 16.9 Å². The summed E-state index contributed by atoms with van der Waals surface area (Å²) in [5.74, 6) is -0.629. The molecule has 3 N–H and O–H groups in total. The number of carbonyl (C=O) groups is 3. The molecule has 0 saturated carbocycles. The van der Waals surface area contributed by atoms with E-state index in [4.69, 9.17) is 0 Å². The third-order valence-corrected chi connectivity index (χ3v) is 6.41. The van der Waals surface area contributed by atoms with Crippen LogP contribution in [0.2, 0.25) is 0 Å². The molecule has 0 spiro atoms. The Kier molecular flexibility index (Phi) is 7.08. The van der Waals surface area contributed by atoms with Crippen LogP contribution in [0.3, 0.4) is 0 Å². The Labute approximate surface area is 201 Å². The quantitative estimate of drug-likeness (QED) is 0.364. The summed E-state index contributed by atoms with van der Waals surface area (Å²) in [5.41, 5.74) is 3.38. The Morgan fingerprint density at radius 3 is 2.47 bits per heavy atom. The maximum absolute atomic E-state index is 13.2. The predicted molar refractivity (Wildman–Crippen MR) is 134 cm³/mol. The van der Waals surface area contributed by atoms with Crippen molar-refractivity contribution in [1.29, 1.82) is 0 Å². The van der Waals surface area contributed by atoms with Gasteiger partial charge in [-0.2, -0.15) is 0 Å². The van der Waals surface area contributed by atoms with Gasteiger partial charge in [0.25, 0.3) is 11.8 Å². The van der Waals surface area contributed by atoms with Gasteiger partial charge in [-0.25, -0.2) is 0 Å². The fourth-order valence-electron chi connectivity index (χ4n) is 3.70. The second-order valence-electron chi connectivity index (χ2n) is 8.18. The Bertz CT molecular complexity index is 1290. The van der Waals surface area contributed by atoms with E-state index < -0.39 is 6.04 Å². The summed E-state index contributed by atoms with van der Waals surface area (Å²) in [6.07, 6.45) is 2.23. The number of rotatable bonds is 8. The van der Waals surface area contributed by atoms with E-state index in [9.17, 15) is 14.4 Å². The largest absolute Gasteiger partial charge is 0.361 e. The molecule has 0 aliphatic carbocycles. The molecule has 0 aliphatic heterocycles. The highest BCUT2D eigenvalue weighted by Gasteiger charge is 2.23. The number of hydrogen-bond donors (Lipinski definition) is 3. The molecule has 0 saturated heterocycles. The number of aromatic nitrogens is 1. The average molecular weight is 475 g/mol. The average Bonchev–Trinajstić information content (AvgIpc) is 3.53. The Balaban J connectivity index is 1.48. The zero-order chi connectivity index (χ0) is 24.1. The minimum absolute atomic E-state index is 0.0781. The molecule has 4 aromatic rings. The molecule has 0 aliphatic rings. The van der Waals surface area contributed by atoms with Gasteiger partial charge in [0.05, 0.1) is 4.88 Å². The number of aromatic amines is 1. The number of H-pyrrole nitrogens is 1. The minimum atomic E-state index is -0.747. The van der Waals surface area contributed by atoms with Crippen molar-refractivity contribution in [2.45, 2.75) is 19.0 Å². The lowest BCUT2D eigenvalue weighted by molar-refractivity contribution is -0.123. The molecule has 1 unspecified atom stereocenters. The predicted octanol–water partition coefficient (Wildman–Crippen LogP) is 3.59. The summed E-state index contributed by atoms with van der Waals surface area (Å²) >= 11 is 1.33. The molecule has 2 aromatic heterocycles. The maximum atomic E-state index is 13.2. The van der Waals surface area contributed by atoms with Crippen molar-refractivity contribution in [3.63, 3.8) is 0 Å². The molecule has 0 fully saturated rings. The Morgan fingerprint density at radius 2 is 1.76 bits per heavy atom. The van der Waals surface area contributed by atoms with Crippen molar-refractivity contribution >= 4 is 40.0 Å². The summed E-state index contributed by atoms with van der Waals surface area (Å²) in [6.45, 7) is 0.286. The molecule has 0 bridgehead atoms. The van der Waals surface area contributed by atoms with Crippen LogP contribution in [0.5, 0.6) is 0 Å². The van der Waals surface area contributed by atoms with Crippen molar-refractivity contribution in [3.05, 3.63) is 93.8 Å². The molecule has 34 heavy (non-hydrogen) atoms. The van der Waals surface area contributed by atoms with E-state index >= 15 is 0 Å². The van der Waals surface area contributed by atoms with Gasteiger partial charge in [-0.05, 0) is 40.8 Å². The zero-order valence-corrected chi connectivity index (χ0v) is 19.8. The van der Waals surface area contributed by atoms with Crippen LogP contribution in [-0.2, 0) is 17.8 Å².